The lowest BCUT2D eigenvalue weighted by atomic mass is 9.83. The van der Waals surface area contributed by atoms with Gasteiger partial charge in [0.25, 0.3) is 0 Å². The van der Waals surface area contributed by atoms with E-state index in [4.69, 9.17) is 0 Å². The summed E-state index contributed by atoms with van der Waals surface area (Å²) in [6, 6.07) is 23.8. The van der Waals surface area contributed by atoms with Crippen LogP contribution in [0.2, 0.25) is 0 Å². The minimum Gasteiger partial charge on any atom is -0.393 e. The van der Waals surface area contributed by atoms with Crippen LogP contribution >= 0.6 is 0 Å². The van der Waals surface area contributed by atoms with E-state index in [0.717, 1.165) is 57.1 Å². The zero-order chi connectivity index (χ0) is 28.3. The second-order valence-corrected chi connectivity index (χ2v) is 10.4. The highest BCUT2D eigenvalue weighted by Crippen LogP contribution is 2.49. The van der Waals surface area contributed by atoms with Crippen molar-refractivity contribution in [2.45, 2.75) is 27.7 Å². The third kappa shape index (κ3) is 3.54. The van der Waals surface area contributed by atoms with Gasteiger partial charge in [-0.2, -0.15) is 0 Å². The van der Waals surface area contributed by atoms with E-state index in [2.05, 4.69) is 0 Å². The van der Waals surface area contributed by atoms with Crippen molar-refractivity contribution in [1.82, 2.24) is 4.48 Å². The Morgan fingerprint density at radius 1 is 0.700 bits per heavy atom. The molecule has 7 heteroatoms. The van der Waals surface area contributed by atoms with Crippen LogP contribution < -0.4 is 0 Å². The Morgan fingerprint density at radius 2 is 1.23 bits per heavy atom. The van der Waals surface area contributed by atoms with Crippen molar-refractivity contribution in [2.75, 3.05) is 0 Å². The molecule has 198 valence electrons. The zero-order valence-electron chi connectivity index (χ0n) is 22.7. The Bertz CT molecular complexity index is 1810. The van der Waals surface area contributed by atoms with Crippen molar-refractivity contribution in [3.63, 3.8) is 0 Å². The van der Waals surface area contributed by atoms with Crippen LogP contribution in [-0.4, -0.2) is 34.2 Å². The Balaban J connectivity index is 1.71. The van der Waals surface area contributed by atoms with Crippen LogP contribution in [0.3, 0.4) is 0 Å². The molecule has 2 aliphatic rings. The number of fused-ring (bicyclic) bond motifs is 2. The monoisotopic (exact) mass is 532 g/mol. The topological polar surface area (TPSA) is 42.1 Å². The average Bonchev–Trinajstić information content (AvgIpc) is 3.39. The predicted molar refractivity (Wildman–Crippen MR) is 156 cm³/mol. The van der Waals surface area contributed by atoms with Crippen molar-refractivity contribution in [3.8, 4) is 11.1 Å². The summed E-state index contributed by atoms with van der Waals surface area (Å²) >= 11 is 0. The molecule has 0 bridgehead atoms. The van der Waals surface area contributed by atoms with Gasteiger partial charge in [0.05, 0.1) is 11.1 Å². The first-order valence-corrected chi connectivity index (χ1v) is 13.2. The summed E-state index contributed by atoms with van der Waals surface area (Å²) in [5.41, 5.74) is 9.19. The molecule has 0 saturated heterocycles. The van der Waals surface area contributed by atoms with Crippen LogP contribution in [0.5, 0.6) is 0 Å². The van der Waals surface area contributed by atoms with Gasteiger partial charge in [0.2, 0.25) is 0 Å². The molecule has 0 saturated carbocycles. The second kappa shape index (κ2) is 9.23. The van der Waals surface area contributed by atoms with E-state index in [-0.39, 0.29) is 0 Å². The fraction of sp³-hybridized carbons (Fsp3) is 0.121. The van der Waals surface area contributed by atoms with Crippen LogP contribution in [0.25, 0.3) is 22.3 Å². The first-order chi connectivity index (χ1) is 19.2. The van der Waals surface area contributed by atoms with Crippen LogP contribution in [0.4, 0.5) is 8.63 Å². The van der Waals surface area contributed by atoms with E-state index in [0.29, 0.717) is 33.9 Å². The van der Waals surface area contributed by atoms with Crippen molar-refractivity contribution in [3.05, 3.63) is 129 Å². The molecule has 0 fully saturated rings. The average molecular weight is 532 g/mol. The molecular weight excluding hydrogens is 505 g/mol. The lowest BCUT2D eigenvalue weighted by Crippen LogP contribution is -2.51. The smallest absolute Gasteiger partial charge is 0.393 e. The van der Waals surface area contributed by atoms with E-state index in [1.165, 1.54) is 8.96 Å². The molecule has 4 nitrogen and oxygen atoms in total. The quantitative estimate of drug-likeness (QED) is 0.199. The van der Waals surface area contributed by atoms with Gasteiger partial charge in [-0.15, -0.1) is 0 Å². The molecule has 6 rings (SSSR count). The van der Waals surface area contributed by atoms with E-state index >= 15 is 8.63 Å². The minimum atomic E-state index is -4.26. The summed E-state index contributed by atoms with van der Waals surface area (Å²) in [4.78, 5) is 22.5. The van der Waals surface area contributed by atoms with E-state index < -0.39 is 6.97 Å². The fourth-order valence-electron chi connectivity index (χ4n) is 6.52. The highest BCUT2D eigenvalue weighted by atomic mass is 19.2. The van der Waals surface area contributed by atoms with Gasteiger partial charge in [0.15, 0.2) is 5.70 Å². The fourth-order valence-corrected chi connectivity index (χ4v) is 6.52. The summed E-state index contributed by atoms with van der Waals surface area (Å²) in [7, 11) is 0. The highest BCUT2D eigenvalue weighted by molar-refractivity contribution is 6.59. The number of allylic oxidation sites excluding steroid dienone is 2. The molecule has 0 N–H and O–H groups in total. The summed E-state index contributed by atoms with van der Waals surface area (Å²) in [5.74, 6) is 0. The summed E-state index contributed by atoms with van der Waals surface area (Å²) in [5, 5.41) is 0. The minimum absolute atomic E-state index is 0.470. The molecule has 0 atom stereocenters. The number of rotatable bonds is 5. The van der Waals surface area contributed by atoms with Crippen molar-refractivity contribution >= 4 is 36.4 Å². The van der Waals surface area contributed by atoms with Gasteiger partial charge in [0.1, 0.15) is 18.3 Å². The Kier molecular flexibility index (Phi) is 5.91. The number of carbonyl (C=O) groups excluding carboxylic acids is 2. The van der Waals surface area contributed by atoms with E-state index in [1.807, 2.05) is 68.4 Å². The number of aromatic nitrogens is 1. The Morgan fingerprint density at radius 3 is 1.77 bits per heavy atom. The van der Waals surface area contributed by atoms with Crippen LogP contribution in [-0.2, 0) is 0 Å². The molecule has 3 heterocycles. The molecule has 0 radical (unpaired) electrons. The Labute approximate surface area is 231 Å². The maximum atomic E-state index is 16.9. The second-order valence-electron chi connectivity index (χ2n) is 10.4. The van der Waals surface area contributed by atoms with Gasteiger partial charge < -0.3 is 17.6 Å². The summed E-state index contributed by atoms with van der Waals surface area (Å²) in [6.45, 7) is 3.03. The molecule has 2 aliphatic heterocycles. The molecule has 0 amide bonds. The van der Waals surface area contributed by atoms with E-state index in [9.17, 15) is 9.59 Å². The number of aldehydes is 2. The van der Waals surface area contributed by atoms with Gasteiger partial charge >= 0.3 is 6.97 Å². The zero-order valence-corrected chi connectivity index (χ0v) is 22.7. The maximum absolute atomic E-state index is 16.9. The molecule has 1 aromatic heterocycles. The highest BCUT2D eigenvalue weighted by Gasteiger charge is 2.57. The molecule has 0 spiro atoms. The van der Waals surface area contributed by atoms with E-state index in [1.54, 1.807) is 38.1 Å². The predicted octanol–water partition coefficient (Wildman–Crippen LogP) is 7.35. The van der Waals surface area contributed by atoms with Gasteiger partial charge in [0, 0.05) is 34.9 Å². The van der Waals surface area contributed by atoms with Crippen LogP contribution in [0.15, 0.2) is 90.1 Å². The van der Waals surface area contributed by atoms with Gasteiger partial charge in [-0.05, 0) is 48.7 Å². The third-order valence-electron chi connectivity index (χ3n) is 8.22. The van der Waals surface area contributed by atoms with Crippen LogP contribution in [0, 0.1) is 13.8 Å². The normalized spacial score (nSPS) is 15.8. The van der Waals surface area contributed by atoms with Crippen molar-refractivity contribution < 1.29 is 22.7 Å². The molecule has 3 aromatic carbocycles. The Hall–Kier alpha value is -4.65. The summed E-state index contributed by atoms with van der Waals surface area (Å²) in [6.07, 6.45) is 1.55. The third-order valence-corrected chi connectivity index (χ3v) is 8.22. The van der Waals surface area contributed by atoms with Crippen LogP contribution in [0.1, 0.15) is 62.6 Å². The SMILES string of the molecule is CC1=C(c2ccc(C=O)cc2)C(C)=[N+]2C1=C(c1ccccc1)c1c(C)c(-c3ccc(C=O)cc3)c(C)n1[B-]2(F)F. The lowest BCUT2D eigenvalue weighted by Gasteiger charge is -2.34. The summed E-state index contributed by atoms with van der Waals surface area (Å²) < 4.78 is 36.3. The van der Waals surface area contributed by atoms with Crippen molar-refractivity contribution in [2.24, 2.45) is 0 Å². The number of halogens is 2. The number of carbonyl (C=O) groups is 2. The number of hydrogen-bond donors (Lipinski definition) is 0. The van der Waals surface area contributed by atoms with Gasteiger partial charge in [-0.1, -0.05) is 78.9 Å². The molecule has 0 aliphatic carbocycles. The largest absolute Gasteiger partial charge is 0.737 e. The number of benzene rings is 3. The van der Waals surface area contributed by atoms with Gasteiger partial charge in [-0.3, -0.25) is 9.59 Å². The molecule has 40 heavy (non-hydrogen) atoms. The van der Waals surface area contributed by atoms with Crippen molar-refractivity contribution in [1.29, 1.82) is 0 Å². The first-order valence-electron chi connectivity index (χ1n) is 13.2. The van der Waals surface area contributed by atoms with Gasteiger partial charge in [-0.25, -0.2) is 0 Å². The maximum Gasteiger partial charge on any atom is 0.737 e. The first kappa shape index (κ1) is 25.6. The lowest BCUT2D eigenvalue weighted by molar-refractivity contribution is -0.363. The number of hydrogen-bond acceptors (Lipinski definition) is 2. The molecular formula is C33H27BF2N2O2. The number of nitrogens with zero attached hydrogens (tertiary/aromatic N) is 2. The molecule has 0 unspecified atom stereocenters. The molecule has 4 aromatic rings. The standard InChI is InChI=1S/C33H27BF2N2O2/c1-20-29(27-14-10-24(18-39)11-15-27)22(3)37-32(20)31(26-8-6-5-7-9-26)33-21(2)30(23(4)38(33)34(37,35)36)28-16-12-25(19-40)13-17-28/h5-19H,1-4H3.